The zero-order valence-electron chi connectivity index (χ0n) is 24.8. The number of fused-ring (bicyclic) bond motifs is 1. The molecule has 44 heavy (non-hydrogen) atoms. The van der Waals surface area contributed by atoms with Gasteiger partial charge in [-0.25, -0.2) is 12.8 Å². The van der Waals surface area contributed by atoms with Gasteiger partial charge in [-0.05, 0) is 50.2 Å². The van der Waals surface area contributed by atoms with E-state index in [1.54, 1.807) is 6.07 Å². The molecule has 234 valence electrons. The van der Waals surface area contributed by atoms with Crippen LogP contribution in [0.3, 0.4) is 0 Å². The summed E-state index contributed by atoms with van der Waals surface area (Å²) >= 11 is 0. The molecule has 1 unspecified atom stereocenters. The monoisotopic (exact) mass is 624 g/mol. The number of carbonyl (C=O) groups is 1. The summed E-state index contributed by atoms with van der Waals surface area (Å²) in [5, 5.41) is 14.1. The first-order valence-electron chi connectivity index (χ1n) is 14.8. The number of likely N-dealkylation sites (N-methyl/N-ethyl adjacent to an activating group) is 1. The van der Waals surface area contributed by atoms with Crippen molar-refractivity contribution in [2.45, 2.75) is 41.1 Å². The average molecular weight is 625 g/mol. The van der Waals surface area contributed by atoms with Crippen molar-refractivity contribution in [3.63, 3.8) is 0 Å². The third-order valence-corrected chi connectivity index (χ3v) is 10.3. The number of H-pyrrole nitrogens is 1. The van der Waals surface area contributed by atoms with Crippen molar-refractivity contribution in [2.24, 2.45) is 0 Å². The lowest BCUT2D eigenvalue weighted by atomic mass is 9.95. The number of sulfone groups is 1. The number of anilines is 1. The van der Waals surface area contributed by atoms with Crippen LogP contribution in [0, 0.1) is 5.82 Å². The van der Waals surface area contributed by atoms with Crippen LogP contribution in [0.25, 0.3) is 10.9 Å². The molecular formula is C31H37FN6O5S. The normalized spacial score (nSPS) is 20.7. The summed E-state index contributed by atoms with van der Waals surface area (Å²) in [6.07, 6.45) is 6.38. The molecule has 2 aliphatic heterocycles. The van der Waals surface area contributed by atoms with Gasteiger partial charge in [-0.15, -0.1) is 0 Å². The zero-order valence-corrected chi connectivity index (χ0v) is 25.6. The van der Waals surface area contributed by atoms with E-state index in [1.807, 2.05) is 6.08 Å². The van der Waals surface area contributed by atoms with Gasteiger partial charge in [0, 0.05) is 75.0 Å². The predicted octanol–water partition coefficient (Wildman–Crippen LogP) is 3.08. The first-order valence-corrected chi connectivity index (χ1v) is 16.3. The molecule has 2 fully saturated rings. The van der Waals surface area contributed by atoms with E-state index in [1.165, 1.54) is 25.3 Å². The fourth-order valence-electron chi connectivity index (χ4n) is 5.91. The molecule has 2 saturated heterocycles. The Kier molecular flexibility index (Phi) is 8.72. The number of nitrogens with zero attached hydrogens (tertiary/aromatic N) is 3. The highest BCUT2D eigenvalue weighted by Crippen LogP contribution is 2.31. The van der Waals surface area contributed by atoms with Gasteiger partial charge in [0.15, 0.2) is 5.82 Å². The summed E-state index contributed by atoms with van der Waals surface area (Å²) in [6.45, 7) is 5.28. The summed E-state index contributed by atoms with van der Waals surface area (Å²) in [5.41, 5.74) is 1.94. The van der Waals surface area contributed by atoms with Crippen molar-refractivity contribution in [1.82, 2.24) is 25.3 Å². The van der Waals surface area contributed by atoms with Crippen molar-refractivity contribution in [3.8, 4) is 5.75 Å². The number of hydrogen-bond donors (Lipinski definition) is 3. The number of amides is 1. The molecule has 1 amide bonds. The Hall–Kier alpha value is -3.78. The Morgan fingerprint density at radius 1 is 1.09 bits per heavy atom. The number of aromatic amines is 1. The largest absolute Gasteiger partial charge is 0.497 e. The quantitative estimate of drug-likeness (QED) is 0.346. The molecule has 3 aliphatic rings. The van der Waals surface area contributed by atoms with Crippen LogP contribution in [-0.2, 0) is 19.4 Å². The molecule has 6 rings (SSSR count). The molecule has 2 aromatic carbocycles. The number of piperazine rings is 1. The summed E-state index contributed by atoms with van der Waals surface area (Å²) in [5.74, 6) is -0.778. The fraction of sp³-hybridized carbons (Fsp3) is 0.419. The molecule has 1 aromatic heterocycles. The Morgan fingerprint density at radius 2 is 1.86 bits per heavy atom. The number of carbonyl (C=O) groups excluding carboxylic acids is 1. The number of methoxy groups -OCH3 is 1. The topological polar surface area (TPSA) is 129 Å². The standard InChI is InChI=1S/C31H37FN6O5S/c1-37-9-11-38(12-10-37)22-3-5-26(29(17-22)33-21-7-13-43-14-8-21)31(39)34-30-27-19-24(4-6-28(27)35-36-30)44(40,41)25-16-20(32)15-23(18-25)42-2/h3-6,15-16,18-19,21-22,33H,7-14,17H2,1-2H3,(H2,34,35,36,39). The van der Waals surface area contributed by atoms with Crippen molar-refractivity contribution < 1.29 is 27.1 Å². The highest BCUT2D eigenvalue weighted by Gasteiger charge is 2.29. The fourth-order valence-corrected chi connectivity index (χ4v) is 7.25. The maximum atomic E-state index is 14.1. The van der Waals surface area contributed by atoms with E-state index in [4.69, 9.17) is 9.47 Å². The average Bonchev–Trinajstić information content (AvgIpc) is 3.43. The Balaban J connectivity index is 1.27. The van der Waals surface area contributed by atoms with Gasteiger partial charge >= 0.3 is 0 Å². The molecule has 0 radical (unpaired) electrons. The second kappa shape index (κ2) is 12.7. The minimum atomic E-state index is -4.10. The summed E-state index contributed by atoms with van der Waals surface area (Å²) in [4.78, 5) is 18.2. The van der Waals surface area contributed by atoms with E-state index < -0.39 is 15.7 Å². The van der Waals surface area contributed by atoms with Gasteiger partial charge in [0.1, 0.15) is 11.6 Å². The zero-order chi connectivity index (χ0) is 30.8. The van der Waals surface area contributed by atoms with E-state index >= 15 is 0 Å². The molecule has 3 N–H and O–H groups in total. The molecule has 0 spiro atoms. The van der Waals surface area contributed by atoms with Crippen LogP contribution in [0.4, 0.5) is 10.2 Å². The maximum absolute atomic E-state index is 14.1. The van der Waals surface area contributed by atoms with Crippen LogP contribution < -0.4 is 15.4 Å². The van der Waals surface area contributed by atoms with Crippen LogP contribution >= 0.6 is 0 Å². The summed E-state index contributed by atoms with van der Waals surface area (Å²) in [7, 11) is -0.629. The third-order valence-electron chi connectivity index (χ3n) is 8.54. The van der Waals surface area contributed by atoms with Crippen LogP contribution in [0.1, 0.15) is 19.3 Å². The highest BCUT2D eigenvalue weighted by molar-refractivity contribution is 7.91. The molecule has 0 saturated carbocycles. The van der Waals surface area contributed by atoms with E-state index in [2.05, 4.69) is 43.8 Å². The van der Waals surface area contributed by atoms with Gasteiger partial charge in [-0.3, -0.25) is 14.8 Å². The number of ether oxygens (including phenoxy) is 2. The van der Waals surface area contributed by atoms with E-state index in [-0.39, 0.29) is 39.3 Å². The summed E-state index contributed by atoms with van der Waals surface area (Å²) < 4.78 is 51.6. The van der Waals surface area contributed by atoms with E-state index in [0.29, 0.717) is 36.1 Å². The smallest absolute Gasteiger partial charge is 0.258 e. The van der Waals surface area contributed by atoms with Gasteiger partial charge in [0.05, 0.1) is 28.0 Å². The van der Waals surface area contributed by atoms with Gasteiger partial charge in [0.2, 0.25) is 9.84 Å². The number of hydrogen-bond acceptors (Lipinski definition) is 9. The van der Waals surface area contributed by atoms with Gasteiger partial charge in [-0.2, -0.15) is 5.10 Å². The lowest BCUT2D eigenvalue weighted by Gasteiger charge is -2.39. The first-order chi connectivity index (χ1) is 21.2. The van der Waals surface area contributed by atoms with Gasteiger partial charge in [0.25, 0.3) is 5.91 Å². The second-order valence-electron chi connectivity index (χ2n) is 11.5. The predicted molar refractivity (Wildman–Crippen MR) is 164 cm³/mol. The second-order valence-corrected chi connectivity index (χ2v) is 13.4. The number of halogens is 1. The van der Waals surface area contributed by atoms with Crippen LogP contribution in [-0.4, -0.2) is 100.0 Å². The lowest BCUT2D eigenvalue weighted by Crippen LogP contribution is -2.49. The minimum Gasteiger partial charge on any atom is -0.497 e. The number of aromatic nitrogens is 2. The molecule has 11 nitrogen and oxygen atoms in total. The van der Waals surface area contributed by atoms with Crippen LogP contribution in [0.15, 0.2) is 69.6 Å². The number of benzene rings is 2. The minimum absolute atomic E-state index is 0.0665. The Labute approximate surface area is 256 Å². The number of nitrogens with one attached hydrogen (secondary N) is 3. The molecule has 1 aliphatic carbocycles. The van der Waals surface area contributed by atoms with Crippen molar-refractivity contribution in [2.75, 3.05) is 58.9 Å². The van der Waals surface area contributed by atoms with Crippen LogP contribution in [0.5, 0.6) is 5.75 Å². The Morgan fingerprint density at radius 3 is 2.61 bits per heavy atom. The molecule has 13 heteroatoms. The maximum Gasteiger partial charge on any atom is 0.258 e. The SMILES string of the molecule is COc1cc(F)cc(S(=O)(=O)c2ccc3[nH]nc(NC(=O)C4=C(NC5CCOCC5)CC(N5CCN(C)CC5)C=C4)c3c2)c1. The summed E-state index contributed by atoms with van der Waals surface area (Å²) in [6, 6.07) is 8.13. The van der Waals surface area contributed by atoms with E-state index in [9.17, 15) is 17.6 Å². The number of rotatable bonds is 8. The first kappa shape index (κ1) is 30.3. The van der Waals surface area contributed by atoms with Crippen molar-refractivity contribution >= 4 is 32.5 Å². The lowest BCUT2D eigenvalue weighted by molar-refractivity contribution is -0.112. The van der Waals surface area contributed by atoms with E-state index in [0.717, 1.165) is 56.9 Å². The third kappa shape index (κ3) is 6.36. The van der Waals surface area contributed by atoms with Crippen LogP contribution in [0.2, 0.25) is 0 Å². The molecule has 3 heterocycles. The van der Waals surface area contributed by atoms with Crippen molar-refractivity contribution in [1.29, 1.82) is 0 Å². The molecule has 3 aromatic rings. The molecule has 1 atom stereocenters. The Bertz CT molecular complexity index is 1710. The highest BCUT2D eigenvalue weighted by atomic mass is 32.2. The molecule has 0 bridgehead atoms. The van der Waals surface area contributed by atoms with Gasteiger partial charge in [-0.1, -0.05) is 12.2 Å². The van der Waals surface area contributed by atoms with Crippen molar-refractivity contribution in [3.05, 3.63) is 65.6 Å². The van der Waals surface area contributed by atoms with Gasteiger partial charge < -0.3 is 25.0 Å². The molecular weight excluding hydrogens is 587 g/mol.